The Labute approximate surface area is 253 Å². The molecule has 0 bridgehead atoms. The summed E-state index contributed by atoms with van der Waals surface area (Å²) in [7, 11) is 3.25. The van der Waals surface area contributed by atoms with Crippen LogP contribution in [0.2, 0.25) is 0 Å². The van der Waals surface area contributed by atoms with E-state index in [1.54, 1.807) is 11.1 Å². The Morgan fingerprint density at radius 3 is 1.90 bits per heavy atom. The molecule has 2 N–H and O–H groups in total. The molecule has 0 amide bonds. The number of nitrogens with one attached hydrogen (secondary N) is 2. The maximum absolute atomic E-state index is 3.69. The van der Waals surface area contributed by atoms with Gasteiger partial charge in [-0.05, 0) is 78.5 Å². The molecule has 2 saturated heterocycles. The minimum atomic E-state index is -0.203. The minimum Gasteiger partial charge on any atom is -0.316 e. The van der Waals surface area contributed by atoms with Crippen LogP contribution >= 0.6 is 17.2 Å². The predicted molar refractivity (Wildman–Crippen MR) is 173 cm³/mol. The average molecular weight is 605 g/mol. The minimum absolute atomic E-state index is 0. The molecule has 5 rings (SSSR count). The van der Waals surface area contributed by atoms with Gasteiger partial charge in [0.1, 0.15) is 0 Å². The fourth-order valence-electron chi connectivity index (χ4n) is 6.76. The Kier molecular flexibility index (Phi) is 11.7. The van der Waals surface area contributed by atoms with Crippen molar-refractivity contribution in [2.75, 3.05) is 32.3 Å². The molecule has 1 aromatic carbocycles. The SMILES string of the molecule is CC(C)(C)P(CC1=CC(=C2C=CC=C[CH-]2)C=C1C(P)(C1CCNC1)C1CCNC1)C(C)(C)C.[Fe+2].c1cc[cH-]c1. The molecule has 5 heteroatoms. The van der Waals surface area contributed by atoms with E-state index >= 15 is 0 Å². The van der Waals surface area contributed by atoms with Gasteiger partial charge < -0.3 is 10.6 Å². The summed E-state index contributed by atoms with van der Waals surface area (Å²) in [5, 5.41) is 8.15. The van der Waals surface area contributed by atoms with Crippen LogP contribution < -0.4 is 10.6 Å². The first-order chi connectivity index (χ1) is 18.0. The van der Waals surface area contributed by atoms with Crippen molar-refractivity contribution in [3.63, 3.8) is 0 Å². The van der Waals surface area contributed by atoms with Gasteiger partial charge in [0.25, 0.3) is 0 Å². The summed E-state index contributed by atoms with van der Waals surface area (Å²) in [6.45, 7) is 19.3. The molecule has 2 nitrogen and oxygen atoms in total. The van der Waals surface area contributed by atoms with E-state index in [1.165, 1.54) is 30.1 Å². The third-order valence-electron chi connectivity index (χ3n) is 8.52. The van der Waals surface area contributed by atoms with Crippen molar-refractivity contribution < 1.29 is 17.1 Å². The molecule has 1 aromatic rings. The standard InChI is InChI=1S/C29H45N2P2.C5H5.Fe/c1-27(2,3)33(28(4,5)6)20-23-16-22(21-10-8-7-9-11-21)17-26(23)29(32,24-12-14-30-18-24)25-13-15-31-19-25;1-2-4-5-3-1;/h7-11,16-17,24-25,30-31H,12-15,18-20,32H2,1-6H3;1-5H;/q2*-1;+2. The van der Waals surface area contributed by atoms with Crippen LogP contribution in [0.15, 0.2) is 89.1 Å². The maximum atomic E-state index is 3.69. The van der Waals surface area contributed by atoms with Crippen LogP contribution in [0.3, 0.4) is 0 Å². The molecule has 3 atom stereocenters. The van der Waals surface area contributed by atoms with Gasteiger partial charge in [0.05, 0.1) is 0 Å². The molecule has 0 radical (unpaired) electrons. The Bertz CT molecular complexity index is 1020. The number of allylic oxidation sites excluding steroid dienone is 10. The summed E-state index contributed by atoms with van der Waals surface area (Å²) in [5.41, 5.74) is 5.98. The fourth-order valence-corrected chi connectivity index (χ4v) is 11.2. The van der Waals surface area contributed by atoms with Gasteiger partial charge in [0.2, 0.25) is 0 Å². The Balaban J connectivity index is 0.000000630. The van der Waals surface area contributed by atoms with Crippen molar-refractivity contribution in [3.05, 3.63) is 95.5 Å². The van der Waals surface area contributed by atoms with E-state index in [1.807, 2.05) is 30.3 Å². The Morgan fingerprint density at radius 2 is 1.49 bits per heavy atom. The summed E-state index contributed by atoms with van der Waals surface area (Å²) in [6, 6.07) is 10.0. The van der Waals surface area contributed by atoms with E-state index in [0.717, 1.165) is 26.2 Å². The van der Waals surface area contributed by atoms with Gasteiger partial charge in [-0.2, -0.15) is 18.2 Å². The van der Waals surface area contributed by atoms with Gasteiger partial charge in [0.15, 0.2) is 0 Å². The average Bonchev–Trinajstić information content (AvgIpc) is 3.70. The van der Waals surface area contributed by atoms with Crippen LogP contribution in [0, 0.1) is 18.3 Å². The predicted octanol–water partition coefficient (Wildman–Crippen LogP) is 7.79. The molecular weight excluding hydrogens is 554 g/mol. The van der Waals surface area contributed by atoms with Crippen molar-refractivity contribution in [1.29, 1.82) is 0 Å². The quantitative estimate of drug-likeness (QED) is 0.204. The van der Waals surface area contributed by atoms with Gasteiger partial charge in [-0.15, -0.1) is 45.5 Å². The third kappa shape index (κ3) is 7.95. The molecule has 2 aliphatic heterocycles. The zero-order valence-corrected chi connectivity index (χ0v) is 28.1. The van der Waals surface area contributed by atoms with E-state index in [4.69, 9.17) is 0 Å². The molecule has 0 saturated carbocycles. The first kappa shape index (κ1) is 32.7. The van der Waals surface area contributed by atoms with Crippen LogP contribution in [-0.2, 0) is 17.1 Å². The van der Waals surface area contributed by atoms with E-state index in [0.29, 0.717) is 22.1 Å². The van der Waals surface area contributed by atoms with E-state index < -0.39 is 0 Å². The van der Waals surface area contributed by atoms with Gasteiger partial charge >= 0.3 is 17.1 Å². The molecule has 0 spiro atoms. The second-order valence-electron chi connectivity index (χ2n) is 13.3. The molecule has 0 aromatic heterocycles. The van der Waals surface area contributed by atoms with E-state index in [9.17, 15) is 0 Å². The first-order valence-electron chi connectivity index (χ1n) is 14.5. The smallest absolute Gasteiger partial charge is 0.316 e. The second kappa shape index (κ2) is 13.9. The number of rotatable bonds is 5. The van der Waals surface area contributed by atoms with Crippen LogP contribution in [0.25, 0.3) is 0 Å². The number of hydrogen-bond acceptors (Lipinski definition) is 2. The van der Waals surface area contributed by atoms with Crippen molar-refractivity contribution in [2.24, 2.45) is 11.8 Å². The van der Waals surface area contributed by atoms with Crippen molar-refractivity contribution in [3.8, 4) is 0 Å². The molecule has 2 aliphatic carbocycles. The van der Waals surface area contributed by atoms with Gasteiger partial charge in [-0.1, -0.05) is 67.2 Å². The van der Waals surface area contributed by atoms with Crippen LogP contribution in [0.1, 0.15) is 54.4 Å². The largest absolute Gasteiger partial charge is 2.00 e. The van der Waals surface area contributed by atoms with Crippen molar-refractivity contribution in [2.45, 2.75) is 69.9 Å². The molecule has 3 unspecified atom stereocenters. The van der Waals surface area contributed by atoms with Crippen molar-refractivity contribution >= 4 is 17.2 Å². The van der Waals surface area contributed by atoms with Crippen molar-refractivity contribution in [1.82, 2.24) is 10.6 Å². The van der Waals surface area contributed by atoms with E-state index in [2.05, 4.69) is 104 Å². The molecule has 39 heavy (non-hydrogen) atoms. The summed E-state index contributed by atoms with van der Waals surface area (Å²) >= 11 is 0. The van der Waals surface area contributed by atoms with Gasteiger partial charge in [-0.3, -0.25) is 0 Å². The third-order valence-corrected chi connectivity index (χ3v) is 13.7. The zero-order valence-electron chi connectivity index (χ0n) is 24.9. The summed E-state index contributed by atoms with van der Waals surface area (Å²) in [6.07, 6.45) is 19.9. The van der Waals surface area contributed by atoms with Gasteiger partial charge in [0, 0.05) is 5.16 Å². The molecule has 4 aliphatic rings. The van der Waals surface area contributed by atoms with Crippen LogP contribution in [0.4, 0.5) is 0 Å². The summed E-state index contributed by atoms with van der Waals surface area (Å²) < 4.78 is 0. The molecule has 214 valence electrons. The first-order valence-corrected chi connectivity index (χ1v) is 16.6. The van der Waals surface area contributed by atoms with E-state index in [-0.39, 0.29) is 30.1 Å². The summed E-state index contributed by atoms with van der Waals surface area (Å²) in [5.74, 6) is 1.35. The molecular formula is C34H50FeN2P2. The number of hydrogen-bond donors (Lipinski definition) is 2. The Hall–Kier alpha value is -0.781. The second-order valence-corrected chi connectivity index (χ2v) is 18.1. The molecule has 2 fully saturated rings. The monoisotopic (exact) mass is 604 g/mol. The zero-order chi connectivity index (χ0) is 27.4. The van der Waals surface area contributed by atoms with Crippen LogP contribution in [-0.4, -0.2) is 47.8 Å². The Morgan fingerprint density at radius 1 is 0.897 bits per heavy atom. The van der Waals surface area contributed by atoms with Gasteiger partial charge in [-0.25, -0.2) is 12.1 Å². The molecule has 2 heterocycles. The maximum Gasteiger partial charge on any atom is 2.00 e. The normalized spacial score (nSPS) is 26.4. The van der Waals surface area contributed by atoms with Crippen LogP contribution in [0.5, 0.6) is 0 Å². The fraction of sp³-hybridized carbons (Fsp3) is 0.529. The topological polar surface area (TPSA) is 24.1 Å². The summed E-state index contributed by atoms with van der Waals surface area (Å²) in [4.78, 5) is 0.